The lowest BCUT2D eigenvalue weighted by atomic mass is 10.1. The van der Waals surface area contributed by atoms with E-state index in [0.29, 0.717) is 35.2 Å². The summed E-state index contributed by atoms with van der Waals surface area (Å²) in [5.74, 6) is 0.316. The van der Waals surface area contributed by atoms with E-state index < -0.39 is 10.8 Å². The maximum absolute atomic E-state index is 12.3. The van der Waals surface area contributed by atoms with E-state index in [1.54, 1.807) is 6.26 Å². The average molecular weight is 343 g/mol. The fourth-order valence-corrected chi connectivity index (χ4v) is 3.56. The van der Waals surface area contributed by atoms with Gasteiger partial charge in [-0.25, -0.2) is 4.98 Å². The first-order chi connectivity index (χ1) is 11.5. The second-order valence-corrected chi connectivity index (χ2v) is 7.68. The van der Waals surface area contributed by atoms with Gasteiger partial charge in [-0.1, -0.05) is 32.0 Å². The Bertz CT molecular complexity index is 956. The van der Waals surface area contributed by atoms with E-state index in [9.17, 15) is 9.00 Å². The van der Waals surface area contributed by atoms with Crippen LogP contribution in [0.1, 0.15) is 30.8 Å². The summed E-state index contributed by atoms with van der Waals surface area (Å²) in [6, 6.07) is 7.98. The number of rotatable bonds is 5. The summed E-state index contributed by atoms with van der Waals surface area (Å²) in [4.78, 5) is 22.9. The van der Waals surface area contributed by atoms with Gasteiger partial charge in [-0.2, -0.15) is 0 Å². The van der Waals surface area contributed by atoms with Gasteiger partial charge in [-0.15, -0.1) is 0 Å². The first kappa shape index (κ1) is 16.6. The smallest absolute Gasteiger partial charge is 0.269 e. The summed E-state index contributed by atoms with van der Waals surface area (Å²) < 4.78 is 12.1. The number of fused-ring (bicyclic) bond motifs is 1. The van der Waals surface area contributed by atoms with Crippen LogP contribution in [0.5, 0.6) is 0 Å². The topological polar surface area (TPSA) is 78.6 Å². The first-order valence-corrected chi connectivity index (χ1v) is 9.52. The quantitative estimate of drug-likeness (QED) is 0.748. The molecule has 0 saturated heterocycles. The zero-order chi connectivity index (χ0) is 17.3. The van der Waals surface area contributed by atoms with E-state index in [1.165, 1.54) is 0 Å². The third-order valence-corrected chi connectivity index (χ3v) is 4.82. The Balaban J connectivity index is 2.05. The van der Waals surface area contributed by atoms with Gasteiger partial charge in [0.05, 0.1) is 16.5 Å². The minimum atomic E-state index is -1.26. The first-order valence-electron chi connectivity index (χ1n) is 7.96. The number of H-pyrrole nitrogens is 2. The third kappa shape index (κ3) is 3.33. The van der Waals surface area contributed by atoms with Gasteiger partial charge in [-0.3, -0.25) is 9.00 Å². The molecule has 0 saturated carbocycles. The Hall–Kier alpha value is -2.21. The highest BCUT2D eigenvalue weighted by Crippen LogP contribution is 2.21. The summed E-state index contributed by atoms with van der Waals surface area (Å²) in [7, 11) is -1.26. The van der Waals surface area contributed by atoms with Gasteiger partial charge in [0.15, 0.2) is 0 Å². The number of benzene rings is 1. The van der Waals surface area contributed by atoms with E-state index in [4.69, 9.17) is 0 Å². The molecule has 6 heteroatoms. The third-order valence-electron chi connectivity index (χ3n) is 3.94. The van der Waals surface area contributed by atoms with Crippen LogP contribution >= 0.6 is 0 Å². The molecule has 3 rings (SSSR count). The minimum absolute atomic E-state index is 0.187. The predicted molar refractivity (Wildman–Crippen MR) is 96.8 cm³/mol. The molecule has 3 aromatic rings. The van der Waals surface area contributed by atoms with Crippen LogP contribution in [0.4, 0.5) is 0 Å². The molecule has 0 bridgehead atoms. The van der Waals surface area contributed by atoms with E-state index >= 15 is 0 Å². The number of hydrogen-bond donors (Lipinski definition) is 2. The van der Waals surface area contributed by atoms with Gasteiger partial charge in [-0.05, 0) is 24.0 Å². The molecule has 0 aliphatic rings. The molecule has 0 aliphatic heterocycles. The molecule has 5 nitrogen and oxygen atoms in total. The van der Waals surface area contributed by atoms with Gasteiger partial charge in [0.25, 0.3) is 5.56 Å². The summed E-state index contributed by atoms with van der Waals surface area (Å²) >= 11 is 0. The summed E-state index contributed by atoms with van der Waals surface area (Å²) in [5, 5.41) is 1.56. The Labute approximate surface area is 143 Å². The Morgan fingerprint density at radius 1 is 1.25 bits per heavy atom. The SMILES string of the molecule is CC(C)Cc1nc(S(C)=O)c(Cc2c[nH]c3ccccc23)[nH]c1=O. The molecule has 0 fully saturated rings. The summed E-state index contributed by atoms with van der Waals surface area (Å²) in [6.07, 6.45) is 4.59. The second kappa shape index (κ2) is 6.73. The van der Waals surface area contributed by atoms with Crippen LogP contribution in [-0.2, 0) is 23.6 Å². The highest BCUT2D eigenvalue weighted by Gasteiger charge is 2.16. The lowest BCUT2D eigenvalue weighted by Gasteiger charge is -2.10. The molecular weight excluding hydrogens is 322 g/mol. The molecular formula is C18H21N3O2S. The van der Waals surface area contributed by atoms with E-state index in [0.717, 1.165) is 16.5 Å². The maximum atomic E-state index is 12.3. The summed E-state index contributed by atoms with van der Waals surface area (Å²) in [6.45, 7) is 4.06. The number of nitrogens with one attached hydrogen (secondary N) is 2. The van der Waals surface area contributed by atoms with Crippen molar-refractivity contribution < 1.29 is 4.21 Å². The zero-order valence-corrected chi connectivity index (χ0v) is 14.9. The van der Waals surface area contributed by atoms with Crippen LogP contribution in [-0.4, -0.2) is 25.4 Å². The number of para-hydroxylation sites is 1. The van der Waals surface area contributed by atoms with E-state index in [-0.39, 0.29) is 5.56 Å². The Morgan fingerprint density at radius 2 is 2.00 bits per heavy atom. The van der Waals surface area contributed by atoms with Gasteiger partial charge in [0, 0.05) is 29.8 Å². The molecule has 0 amide bonds. The normalized spacial score (nSPS) is 12.8. The molecule has 1 unspecified atom stereocenters. The van der Waals surface area contributed by atoms with Gasteiger partial charge >= 0.3 is 0 Å². The highest BCUT2D eigenvalue weighted by atomic mass is 32.2. The molecule has 2 heterocycles. The second-order valence-electron chi connectivity index (χ2n) is 6.38. The molecule has 1 atom stereocenters. The summed E-state index contributed by atoms with van der Waals surface area (Å²) in [5.41, 5.74) is 2.98. The minimum Gasteiger partial charge on any atom is -0.361 e. The van der Waals surface area contributed by atoms with Crippen LogP contribution in [0.3, 0.4) is 0 Å². The standard InChI is InChI=1S/C18H21N3O2S/c1-11(2)8-15-17(22)20-16(18(21-15)24(3)23)9-12-10-19-14-7-5-4-6-13(12)14/h4-7,10-11,19H,8-9H2,1-3H3,(H,20,22). The van der Waals surface area contributed by atoms with Crippen molar-refractivity contribution in [3.8, 4) is 0 Å². The van der Waals surface area contributed by atoms with Crippen LogP contribution in [0, 0.1) is 5.92 Å². The van der Waals surface area contributed by atoms with Gasteiger partial charge < -0.3 is 9.97 Å². The Morgan fingerprint density at radius 3 is 2.71 bits per heavy atom. The highest BCUT2D eigenvalue weighted by molar-refractivity contribution is 7.84. The van der Waals surface area contributed by atoms with Crippen molar-refractivity contribution in [2.24, 2.45) is 5.92 Å². The average Bonchev–Trinajstić information content (AvgIpc) is 2.92. The number of aromatic amines is 2. The fourth-order valence-electron chi connectivity index (χ4n) is 2.85. The number of nitrogens with zero attached hydrogens (tertiary/aromatic N) is 1. The van der Waals surface area contributed by atoms with Crippen LogP contribution < -0.4 is 5.56 Å². The predicted octanol–water partition coefficient (Wildman–Crippen LogP) is 2.78. The van der Waals surface area contributed by atoms with E-state index in [2.05, 4.69) is 15.0 Å². The molecule has 2 aromatic heterocycles. The fraction of sp³-hybridized carbons (Fsp3) is 0.333. The molecule has 0 aliphatic carbocycles. The lowest BCUT2D eigenvalue weighted by molar-refractivity contribution is 0.618. The van der Waals surface area contributed by atoms with Crippen molar-refractivity contribution >= 4 is 21.7 Å². The van der Waals surface area contributed by atoms with Crippen molar-refractivity contribution in [1.82, 2.24) is 15.0 Å². The molecule has 0 spiro atoms. The number of aromatic nitrogens is 3. The van der Waals surface area contributed by atoms with Crippen LogP contribution in [0.25, 0.3) is 10.9 Å². The van der Waals surface area contributed by atoms with Crippen molar-refractivity contribution in [2.45, 2.75) is 31.7 Å². The van der Waals surface area contributed by atoms with Crippen LogP contribution in [0.15, 0.2) is 40.3 Å². The molecule has 24 heavy (non-hydrogen) atoms. The van der Waals surface area contributed by atoms with Gasteiger partial charge in [0.1, 0.15) is 10.7 Å². The number of hydrogen-bond acceptors (Lipinski definition) is 3. The molecule has 2 N–H and O–H groups in total. The Kier molecular flexibility index (Phi) is 4.66. The monoisotopic (exact) mass is 343 g/mol. The largest absolute Gasteiger partial charge is 0.361 e. The molecule has 126 valence electrons. The van der Waals surface area contributed by atoms with Crippen molar-refractivity contribution in [3.63, 3.8) is 0 Å². The van der Waals surface area contributed by atoms with Gasteiger partial charge in [0.2, 0.25) is 0 Å². The molecule has 1 aromatic carbocycles. The van der Waals surface area contributed by atoms with Crippen molar-refractivity contribution in [1.29, 1.82) is 0 Å². The maximum Gasteiger partial charge on any atom is 0.269 e. The van der Waals surface area contributed by atoms with Crippen molar-refractivity contribution in [3.05, 3.63) is 57.8 Å². The van der Waals surface area contributed by atoms with Crippen LogP contribution in [0.2, 0.25) is 0 Å². The zero-order valence-electron chi connectivity index (χ0n) is 14.1. The lowest BCUT2D eigenvalue weighted by Crippen LogP contribution is -2.22. The molecule has 0 radical (unpaired) electrons. The van der Waals surface area contributed by atoms with E-state index in [1.807, 2.05) is 44.3 Å². The van der Waals surface area contributed by atoms with Crippen molar-refractivity contribution in [2.75, 3.05) is 6.26 Å².